The van der Waals surface area contributed by atoms with Gasteiger partial charge in [-0.2, -0.15) is 0 Å². The number of halogens is 3. The maximum Gasteiger partial charge on any atom is 0.272 e. The Morgan fingerprint density at radius 1 is 0.939 bits per heavy atom. The van der Waals surface area contributed by atoms with Gasteiger partial charge in [-0.3, -0.25) is 25.2 Å². The highest BCUT2D eigenvalue weighted by Crippen LogP contribution is 2.29. The van der Waals surface area contributed by atoms with Gasteiger partial charge in [0.2, 0.25) is 0 Å². The molecule has 0 spiro atoms. The standard InChI is InChI=1S/C21H16ClF2N3O5S/c1-32-18-5-3-2-4-17(18)27-33(30,31)19-10-12(6-9-15(19)22)20(28)25-26-21(29)14-8-7-13(23)11-16(14)24/h2-11,27H,1H3,(H,25,28)(H,26,29). The number of benzene rings is 3. The number of methoxy groups -OCH3 is 1. The Kier molecular flexibility index (Phi) is 7.14. The van der Waals surface area contributed by atoms with Crippen LogP contribution in [-0.2, 0) is 10.0 Å². The fourth-order valence-electron chi connectivity index (χ4n) is 2.71. The van der Waals surface area contributed by atoms with Crippen molar-refractivity contribution in [3.05, 3.63) is 88.4 Å². The Balaban J connectivity index is 1.78. The fourth-order valence-corrected chi connectivity index (χ4v) is 4.30. The molecule has 0 radical (unpaired) electrons. The lowest BCUT2D eigenvalue weighted by molar-refractivity contribution is 0.0844. The first-order valence-electron chi connectivity index (χ1n) is 9.13. The van der Waals surface area contributed by atoms with Crippen LogP contribution in [0.25, 0.3) is 0 Å². The van der Waals surface area contributed by atoms with E-state index in [1.165, 1.54) is 25.3 Å². The maximum absolute atomic E-state index is 13.7. The quantitative estimate of drug-likeness (QED) is 0.453. The third kappa shape index (κ3) is 5.57. The smallest absolute Gasteiger partial charge is 0.272 e. The van der Waals surface area contributed by atoms with E-state index < -0.39 is 43.9 Å². The highest BCUT2D eigenvalue weighted by molar-refractivity contribution is 7.92. The average Bonchev–Trinajstić information content (AvgIpc) is 2.77. The van der Waals surface area contributed by atoms with Crippen LogP contribution < -0.4 is 20.3 Å². The van der Waals surface area contributed by atoms with Gasteiger partial charge in [-0.1, -0.05) is 23.7 Å². The van der Waals surface area contributed by atoms with Gasteiger partial charge < -0.3 is 4.74 Å². The van der Waals surface area contributed by atoms with E-state index in [1.807, 2.05) is 10.9 Å². The third-order valence-electron chi connectivity index (χ3n) is 4.30. The molecule has 12 heteroatoms. The monoisotopic (exact) mass is 495 g/mol. The largest absolute Gasteiger partial charge is 0.495 e. The highest BCUT2D eigenvalue weighted by atomic mass is 35.5. The van der Waals surface area contributed by atoms with Gasteiger partial charge in [0.25, 0.3) is 21.8 Å². The number of amides is 2. The molecule has 3 aromatic carbocycles. The minimum Gasteiger partial charge on any atom is -0.495 e. The van der Waals surface area contributed by atoms with Crippen molar-refractivity contribution >= 4 is 39.1 Å². The van der Waals surface area contributed by atoms with Crippen LogP contribution in [0.5, 0.6) is 5.75 Å². The van der Waals surface area contributed by atoms with Crippen LogP contribution in [0.2, 0.25) is 5.02 Å². The maximum atomic E-state index is 13.7. The Labute approximate surface area is 192 Å². The van der Waals surface area contributed by atoms with E-state index in [2.05, 4.69) is 4.72 Å². The molecule has 0 aliphatic heterocycles. The van der Waals surface area contributed by atoms with Crippen LogP contribution in [0.4, 0.5) is 14.5 Å². The van der Waals surface area contributed by atoms with Crippen molar-refractivity contribution < 1.29 is 31.5 Å². The summed E-state index contributed by atoms with van der Waals surface area (Å²) in [6.45, 7) is 0. The molecule has 0 saturated heterocycles. The number of ether oxygens (including phenoxy) is 1. The highest BCUT2D eigenvalue weighted by Gasteiger charge is 2.22. The molecule has 0 aliphatic carbocycles. The summed E-state index contributed by atoms with van der Waals surface area (Å²) in [5.41, 5.74) is 3.48. The van der Waals surface area contributed by atoms with Gasteiger partial charge in [-0.15, -0.1) is 0 Å². The molecule has 0 unspecified atom stereocenters. The summed E-state index contributed by atoms with van der Waals surface area (Å²) in [5.74, 6) is -3.67. The van der Waals surface area contributed by atoms with Gasteiger partial charge in [0.1, 0.15) is 22.3 Å². The lowest BCUT2D eigenvalue weighted by Gasteiger charge is -2.13. The van der Waals surface area contributed by atoms with Crippen LogP contribution in [0.1, 0.15) is 20.7 Å². The number of carbonyl (C=O) groups is 2. The van der Waals surface area contributed by atoms with E-state index in [4.69, 9.17) is 16.3 Å². The van der Waals surface area contributed by atoms with E-state index in [1.54, 1.807) is 18.2 Å². The topological polar surface area (TPSA) is 114 Å². The van der Waals surface area contributed by atoms with Crippen molar-refractivity contribution in [2.24, 2.45) is 0 Å². The Morgan fingerprint density at radius 3 is 2.33 bits per heavy atom. The van der Waals surface area contributed by atoms with Gasteiger partial charge in [0.15, 0.2) is 0 Å². The van der Waals surface area contributed by atoms with Crippen molar-refractivity contribution in [1.82, 2.24) is 10.9 Å². The lowest BCUT2D eigenvalue weighted by atomic mass is 10.2. The van der Waals surface area contributed by atoms with Crippen molar-refractivity contribution in [2.75, 3.05) is 11.8 Å². The van der Waals surface area contributed by atoms with Gasteiger partial charge in [-0.25, -0.2) is 17.2 Å². The van der Waals surface area contributed by atoms with Crippen LogP contribution in [-0.4, -0.2) is 27.3 Å². The second-order valence-electron chi connectivity index (χ2n) is 6.48. The molecule has 0 atom stereocenters. The lowest BCUT2D eigenvalue weighted by Crippen LogP contribution is -2.42. The number of anilines is 1. The summed E-state index contributed by atoms with van der Waals surface area (Å²) in [4.78, 5) is 24.0. The zero-order chi connectivity index (χ0) is 24.2. The summed E-state index contributed by atoms with van der Waals surface area (Å²) >= 11 is 6.04. The molecule has 0 heterocycles. The Hall–Kier alpha value is -3.70. The molecule has 33 heavy (non-hydrogen) atoms. The summed E-state index contributed by atoms with van der Waals surface area (Å²) in [6.07, 6.45) is 0. The van der Waals surface area contributed by atoms with Crippen LogP contribution >= 0.6 is 11.6 Å². The molecule has 3 aromatic rings. The van der Waals surface area contributed by atoms with Crippen LogP contribution in [0.15, 0.2) is 65.6 Å². The van der Waals surface area contributed by atoms with Crippen molar-refractivity contribution in [1.29, 1.82) is 0 Å². The normalized spacial score (nSPS) is 10.9. The molecule has 8 nitrogen and oxygen atoms in total. The molecule has 0 bridgehead atoms. The number of carbonyl (C=O) groups excluding carboxylic acids is 2. The van der Waals surface area contributed by atoms with Crippen molar-refractivity contribution in [3.8, 4) is 5.75 Å². The molecule has 0 aromatic heterocycles. The van der Waals surface area contributed by atoms with E-state index in [0.29, 0.717) is 6.07 Å². The summed E-state index contributed by atoms with van der Waals surface area (Å²) in [6, 6.07) is 12.0. The van der Waals surface area contributed by atoms with Gasteiger partial charge in [0.05, 0.1) is 23.4 Å². The van der Waals surface area contributed by atoms with Gasteiger partial charge >= 0.3 is 0 Å². The Bertz CT molecular complexity index is 1340. The number of hydrogen-bond donors (Lipinski definition) is 3. The summed E-state index contributed by atoms with van der Waals surface area (Å²) in [7, 11) is -2.86. The molecule has 172 valence electrons. The van der Waals surface area contributed by atoms with Gasteiger partial charge in [0, 0.05) is 11.6 Å². The molecular formula is C21H16ClF2N3O5S. The van der Waals surface area contributed by atoms with Crippen LogP contribution in [0, 0.1) is 11.6 Å². The zero-order valence-electron chi connectivity index (χ0n) is 16.9. The second kappa shape index (κ2) is 9.84. The zero-order valence-corrected chi connectivity index (χ0v) is 18.4. The molecule has 0 saturated carbocycles. The third-order valence-corrected chi connectivity index (χ3v) is 6.15. The number of hydrogen-bond acceptors (Lipinski definition) is 5. The van der Waals surface area contributed by atoms with Crippen LogP contribution in [0.3, 0.4) is 0 Å². The van der Waals surface area contributed by atoms with E-state index in [0.717, 1.165) is 18.2 Å². The summed E-state index contributed by atoms with van der Waals surface area (Å²) in [5, 5.41) is -0.161. The molecule has 0 aliphatic rings. The average molecular weight is 496 g/mol. The van der Waals surface area contributed by atoms with Crippen molar-refractivity contribution in [3.63, 3.8) is 0 Å². The SMILES string of the molecule is COc1ccccc1NS(=O)(=O)c1cc(C(=O)NNC(=O)c2ccc(F)cc2F)ccc1Cl. The van der Waals surface area contributed by atoms with Gasteiger partial charge in [-0.05, 0) is 42.5 Å². The first-order valence-corrected chi connectivity index (χ1v) is 11.0. The molecule has 3 rings (SSSR count). The van der Waals surface area contributed by atoms with E-state index in [-0.39, 0.29) is 22.0 Å². The predicted octanol–water partition coefficient (Wildman–Crippen LogP) is 3.50. The minimum absolute atomic E-state index is 0.152. The number of hydrazine groups is 1. The van der Waals surface area contributed by atoms with E-state index in [9.17, 15) is 26.8 Å². The minimum atomic E-state index is -4.23. The number of sulfonamides is 1. The number of para-hydroxylation sites is 2. The number of nitrogens with one attached hydrogen (secondary N) is 3. The fraction of sp³-hybridized carbons (Fsp3) is 0.0476. The molecule has 0 fully saturated rings. The van der Waals surface area contributed by atoms with E-state index >= 15 is 0 Å². The molecule has 2 amide bonds. The molecular weight excluding hydrogens is 480 g/mol. The first-order chi connectivity index (χ1) is 15.6. The Morgan fingerprint density at radius 2 is 1.64 bits per heavy atom. The summed E-state index contributed by atoms with van der Waals surface area (Å²) < 4.78 is 59.8. The second-order valence-corrected chi connectivity index (χ2v) is 8.54. The van der Waals surface area contributed by atoms with Crippen molar-refractivity contribution in [2.45, 2.75) is 4.90 Å². The molecule has 3 N–H and O–H groups in total. The number of rotatable bonds is 6. The predicted molar refractivity (Wildman–Crippen MR) is 117 cm³/mol. The first kappa shape index (κ1) is 24.0.